The molecule has 0 radical (unpaired) electrons. The molecule has 84 valence electrons. The Balaban J connectivity index is 2.64. The number of benzene rings is 1. The number of nitrogens with zero attached hydrogens (tertiary/aromatic N) is 2. The van der Waals surface area contributed by atoms with Crippen molar-refractivity contribution in [1.82, 2.24) is 0 Å². The van der Waals surface area contributed by atoms with E-state index in [-0.39, 0.29) is 0 Å². The van der Waals surface area contributed by atoms with Crippen LogP contribution in [0, 0.1) is 11.3 Å². The smallest absolute Gasteiger partial charge is 0.0640 e. The molecule has 1 aromatic rings. The van der Waals surface area contributed by atoms with Gasteiger partial charge < -0.3 is 4.90 Å². The van der Waals surface area contributed by atoms with E-state index in [1.54, 1.807) is 0 Å². The zero-order chi connectivity index (χ0) is 11.6. The monoisotopic (exact) mass is 232 g/mol. The van der Waals surface area contributed by atoms with Gasteiger partial charge in [0, 0.05) is 24.5 Å². The van der Waals surface area contributed by atoms with Crippen LogP contribution in [0.1, 0.15) is 6.42 Å². The first-order valence-electron chi connectivity index (χ1n) is 5.31. The molecule has 1 rings (SSSR count). The van der Waals surface area contributed by atoms with Crippen LogP contribution in [-0.2, 0) is 0 Å². The van der Waals surface area contributed by atoms with Gasteiger partial charge in [0.05, 0.1) is 12.5 Å². The molecule has 0 unspecified atom stereocenters. The number of rotatable bonds is 6. The Hall–Kier alpha value is -1.40. The third kappa shape index (κ3) is 4.41. The molecule has 0 N–H and O–H groups in total. The normalized spacial score (nSPS) is 10.2. The van der Waals surface area contributed by atoms with Crippen molar-refractivity contribution in [3.8, 4) is 6.07 Å². The van der Waals surface area contributed by atoms with Crippen molar-refractivity contribution in [3.63, 3.8) is 0 Å². The third-order valence-electron chi connectivity index (χ3n) is 2.21. The molecule has 0 aliphatic heterocycles. The predicted octanol–water partition coefficient (Wildman–Crippen LogP) is 2.89. The van der Waals surface area contributed by atoms with Gasteiger partial charge in [-0.15, -0.1) is 0 Å². The summed E-state index contributed by atoms with van der Waals surface area (Å²) in [5.41, 5.74) is 1.15. The Bertz CT molecular complexity index is 354. The second kappa shape index (κ2) is 7.84. The number of hydrogen-bond acceptors (Lipinski definition) is 3. The van der Waals surface area contributed by atoms with E-state index in [0.29, 0.717) is 6.42 Å². The minimum atomic E-state index is 0.545. The lowest BCUT2D eigenvalue weighted by molar-refractivity contribution is 0.857. The van der Waals surface area contributed by atoms with E-state index >= 15 is 0 Å². The predicted molar refractivity (Wildman–Crippen MR) is 71.9 cm³/mol. The standard InChI is InChI=1S/C13H16N2S/c14-9-6-11-15(10-4-5-12-16)13-7-2-1-3-8-13/h1-5,7-8,16H,6,10-12H2. The first-order valence-corrected chi connectivity index (χ1v) is 5.94. The summed E-state index contributed by atoms with van der Waals surface area (Å²) in [5, 5.41) is 8.63. The van der Waals surface area contributed by atoms with Crippen LogP contribution in [0.5, 0.6) is 0 Å². The maximum Gasteiger partial charge on any atom is 0.0640 e. The maximum absolute atomic E-state index is 8.63. The number of anilines is 1. The highest BCUT2D eigenvalue weighted by molar-refractivity contribution is 7.80. The summed E-state index contributed by atoms with van der Waals surface area (Å²) in [4.78, 5) is 2.18. The SMILES string of the molecule is N#CCCN(CC=CCS)c1ccccc1. The number of nitriles is 1. The van der Waals surface area contributed by atoms with Crippen LogP contribution in [-0.4, -0.2) is 18.8 Å². The molecule has 0 amide bonds. The van der Waals surface area contributed by atoms with Crippen molar-refractivity contribution in [2.24, 2.45) is 0 Å². The van der Waals surface area contributed by atoms with Crippen LogP contribution in [0.15, 0.2) is 42.5 Å². The molecule has 1 aromatic carbocycles. The third-order valence-corrected chi connectivity index (χ3v) is 2.42. The van der Waals surface area contributed by atoms with E-state index in [1.807, 2.05) is 24.3 Å². The van der Waals surface area contributed by atoms with Gasteiger partial charge in [0.2, 0.25) is 0 Å². The van der Waals surface area contributed by atoms with Gasteiger partial charge in [-0.05, 0) is 12.1 Å². The molecule has 0 saturated heterocycles. The molecule has 0 bridgehead atoms. The largest absolute Gasteiger partial charge is 0.367 e. The molecule has 0 atom stereocenters. The van der Waals surface area contributed by atoms with Crippen molar-refractivity contribution in [3.05, 3.63) is 42.5 Å². The molecular weight excluding hydrogens is 216 g/mol. The molecule has 0 saturated carbocycles. The van der Waals surface area contributed by atoms with Crippen molar-refractivity contribution in [1.29, 1.82) is 5.26 Å². The lowest BCUT2D eigenvalue weighted by atomic mass is 10.2. The molecule has 0 aliphatic carbocycles. The van der Waals surface area contributed by atoms with Crippen LogP contribution >= 0.6 is 12.6 Å². The second-order valence-electron chi connectivity index (χ2n) is 3.34. The van der Waals surface area contributed by atoms with E-state index in [1.165, 1.54) is 0 Å². The molecule has 0 aliphatic rings. The average Bonchev–Trinajstić information content (AvgIpc) is 2.35. The molecular formula is C13H16N2S. The van der Waals surface area contributed by atoms with Crippen LogP contribution in [0.3, 0.4) is 0 Å². The molecule has 2 nitrogen and oxygen atoms in total. The van der Waals surface area contributed by atoms with Gasteiger partial charge in [0.1, 0.15) is 0 Å². The van der Waals surface area contributed by atoms with Gasteiger partial charge in [-0.1, -0.05) is 30.4 Å². The highest BCUT2D eigenvalue weighted by atomic mass is 32.1. The van der Waals surface area contributed by atoms with Gasteiger partial charge in [0.15, 0.2) is 0 Å². The summed E-state index contributed by atoms with van der Waals surface area (Å²) in [6.45, 7) is 1.59. The zero-order valence-corrected chi connectivity index (χ0v) is 10.1. The van der Waals surface area contributed by atoms with Crippen LogP contribution < -0.4 is 4.90 Å². The highest BCUT2D eigenvalue weighted by Crippen LogP contribution is 2.13. The number of hydrogen-bond donors (Lipinski definition) is 1. The fourth-order valence-corrected chi connectivity index (χ4v) is 1.57. The number of para-hydroxylation sites is 1. The fourth-order valence-electron chi connectivity index (χ4n) is 1.43. The quantitative estimate of drug-likeness (QED) is 0.603. The van der Waals surface area contributed by atoms with Crippen LogP contribution in [0.25, 0.3) is 0 Å². The van der Waals surface area contributed by atoms with Crippen LogP contribution in [0.2, 0.25) is 0 Å². The van der Waals surface area contributed by atoms with Crippen molar-refractivity contribution >= 4 is 18.3 Å². The molecule has 0 heterocycles. The van der Waals surface area contributed by atoms with Crippen LogP contribution in [0.4, 0.5) is 5.69 Å². The summed E-state index contributed by atoms with van der Waals surface area (Å²) < 4.78 is 0. The first kappa shape index (κ1) is 12.7. The molecule has 3 heteroatoms. The highest BCUT2D eigenvalue weighted by Gasteiger charge is 2.02. The van der Waals surface area contributed by atoms with Crippen molar-refractivity contribution in [2.45, 2.75) is 6.42 Å². The minimum Gasteiger partial charge on any atom is -0.367 e. The summed E-state index contributed by atoms with van der Waals surface area (Å²) in [5.74, 6) is 0.751. The van der Waals surface area contributed by atoms with E-state index in [9.17, 15) is 0 Å². The summed E-state index contributed by atoms with van der Waals surface area (Å²) >= 11 is 4.12. The van der Waals surface area contributed by atoms with Gasteiger partial charge in [-0.25, -0.2) is 0 Å². The minimum absolute atomic E-state index is 0.545. The Morgan fingerprint density at radius 3 is 2.62 bits per heavy atom. The summed E-state index contributed by atoms with van der Waals surface area (Å²) in [6, 6.07) is 12.3. The second-order valence-corrected chi connectivity index (χ2v) is 3.71. The van der Waals surface area contributed by atoms with E-state index < -0.39 is 0 Å². The lowest BCUT2D eigenvalue weighted by Gasteiger charge is -2.22. The van der Waals surface area contributed by atoms with E-state index in [4.69, 9.17) is 5.26 Å². The van der Waals surface area contributed by atoms with E-state index in [2.05, 4.69) is 41.8 Å². The van der Waals surface area contributed by atoms with Gasteiger partial charge in [-0.3, -0.25) is 0 Å². The van der Waals surface area contributed by atoms with Crippen molar-refractivity contribution in [2.75, 3.05) is 23.7 Å². The lowest BCUT2D eigenvalue weighted by Crippen LogP contribution is -2.24. The van der Waals surface area contributed by atoms with Gasteiger partial charge in [-0.2, -0.15) is 17.9 Å². The van der Waals surface area contributed by atoms with E-state index in [0.717, 1.165) is 24.5 Å². The maximum atomic E-state index is 8.63. The van der Waals surface area contributed by atoms with Crippen molar-refractivity contribution < 1.29 is 0 Å². The van der Waals surface area contributed by atoms with Gasteiger partial charge in [0.25, 0.3) is 0 Å². The molecule has 0 fully saturated rings. The average molecular weight is 232 g/mol. The first-order chi connectivity index (χ1) is 7.88. The number of thiol groups is 1. The Kier molecular flexibility index (Phi) is 6.20. The topological polar surface area (TPSA) is 27.0 Å². The Labute approximate surface area is 103 Å². The fraction of sp³-hybridized carbons (Fsp3) is 0.308. The molecule has 16 heavy (non-hydrogen) atoms. The Morgan fingerprint density at radius 2 is 2.00 bits per heavy atom. The Morgan fingerprint density at radius 1 is 1.25 bits per heavy atom. The zero-order valence-electron chi connectivity index (χ0n) is 9.21. The summed E-state index contributed by atoms with van der Waals surface area (Å²) in [7, 11) is 0. The molecule has 0 spiro atoms. The summed E-state index contributed by atoms with van der Waals surface area (Å²) in [6.07, 6.45) is 4.65. The molecule has 0 aromatic heterocycles. The van der Waals surface area contributed by atoms with Gasteiger partial charge >= 0.3 is 0 Å².